The average Bonchev–Trinajstić information content (AvgIpc) is 2.87. The molecule has 1 unspecified atom stereocenters. The van der Waals surface area contributed by atoms with Crippen LogP contribution >= 0.6 is 11.3 Å². The van der Waals surface area contributed by atoms with Crippen LogP contribution in [0, 0.1) is 0 Å². The molecule has 0 fully saturated rings. The smallest absolute Gasteiger partial charge is 0.303 e. The molecule has 5 heteroatoms. The third-order valence-electron chi connectivity index (χ3n) is 2.84. The van der Waals surface area contributed by atoms with Crippen LogP contribution in [-0.2, 0) is 9.59 Å². The van der Waals surface area contributed by atoms with Crippen molar-refractivity contribution in [2.75, 3.05) is 0 Å². The van der Waals surface area contributed by atoms with Gasteiger partial charge in [-0.1, -0.05) is 19.4 Å². The first-order chi connectivity index (χ1) is 9.13. The molecule has 1 heterocycles. The molecule has 0 radical (unpaired) electrons. The number of carboxylic acid groups (broad SMARTS) is 1. The van der Waals surface area contributed by atoms with Gasteiger partial charge in [-0.3, -0.25) is 9.59 Å². The molecule has 0 bridgehead atoms. The van der Waals surface area contributed by atoms with Crippen molar-refractivity contribution in [1.82, 2.24) is 5.32 Å². The molecule has 106 valence electrons. The van der Waals surface area contributed by atoms with Gasteiger partial charge >= 0.3 is 5.97 Å². The third-order valence-corrected chi connectivity index (χ3v) is 3.83. The zero-order chi connectivity index (χ0) is 14.1. The van der Waals surface area contributed by atoms with Gasteiger partial charge in [0, 0.05) is 17.7 Å². The number of carboxylic acids is 1. The van der Waals surface area contributed by atoms with Gasteiger partial charge in [0.15, 0.2) is 0 Å². The van der Waals surface area contributed by atoms with E-state index in [9.17, 15) is 9.59 Å². The van der Waals surface area contributed by atoms with Crippen molar-refractivity contribution in [1.29, 1.82) is 0 Å². The fraction of sp³-hybridized carbons (Fsp3) is 0.571. The van der Waals surface area contributed by atoms with Gasteiger partial charge in [0.05, 0.1) is 6.04 Å². The summed E-state index contributed by atoms with van der Waals surface area (Å²) in [7, 11) is 0. The molecule has 0 saturated heterocycles. The third kappa shape index (κ3) is 6.38. The van der Waals surface area contributed by atoms with Crippen molar-refractivity contribution in [2.24, 2.45) is 0 Å². The number of hydrogen-bond donors (Lipinski definition) is 2. The summed E-state index contributed by atoms with van der Waals surface area (Å²) in [5.74, 6) is -0.792. The molecule has 1 aromatic heterocycles. The first kappa shape index (κ1) is 15.7. The van der Waals surface area contributed by atoms with Crippen LogP contribution in [0.5, 0.6) is 0 Å². The Balaban J connectivity index is 2.33. The number of amides is 1. The second-order valence-electron chi connectivity index (χ2n) is 4.53. The Kier molecular flexibility index (Phi) is 7.18. The van der Waals surface area contributed by atoms with Gasteiger partial charge in [0.25, 0.3) is 0 Å². The van der Waals surface area contributed by atoms with Gasteiger partial charge in [-0.2, -0.15) is 0 Å². The van der Waals surface area contributed by atoms with Crippen LogP contribution in [0.25, 0.3) is 0 Å². The molecule has 1 rings (SSSR count). The highest BCUT2D eigenvalue weighted by atomic mass is 32.1. The van der Waals surface area contributed by atoms with Crippen molar-refractivity contribution >= 4 is 23.2 Å². The highest BCUT2D eigenvalue weighted by Crippen LogP contribution is 2.23. The number of unbranched alkanes of at least 4 members (excludes halogenated alkanes) is 1. The van der Waals surface area contributed by atoms with Crippen LogP contribution in [0.2, 0.25) is 0 Å². The summed E-state index contributed by atoms with van der Waals surface area (Å²) in [6, 6.07) is 4.12. The quantitative estimate of drug-likeness (QED) is 0.683. The molecular formula is C14H21NO3S. The van der Waals surface area contributed by atoms with E-state index in [-0.39, 0.29) is 18.4 Å². The summed E-state index contributed by atoms with van der Waals surface area (Å²) in [6.45, 7) is 2.10. The van der Waals surface area contributed by atoms with Crippen molar-refractivity contribution in [3.63, 3.8) is 0 Å². The Morgan fingerprint density at radius 2 is 2.11 bits per heavy atom. The molecule has 1 atom stereocenters. The Bertz CT molecular complexity index is 389. The second-order valence-corrected chi connectivity index (χ2v) is 5.50. The van der Waals surface area contributed by atoms with Gasteiger partial charge in [0.1, 0.15) is 0 Å². The van der Waals surface area contributed by atoms with Gasteiger partial charge in [-0.25, -0.2) is 0 Å². The van der Waals surface area contributed by atoms with E-state index in [1.54, 1.807) is 11.3 Å². The van der Waals surface area contributed by atoms with Gasteiger partial charge in [0.2, 0.25) is 5.91 Å². The van der Waals surface area contributed by atoms with Gasteiger partial charge in [-0.15, -0.1) is 11.3 Å². The standard InChI is InChI=1S/C14H21NO3S/c1-2-6-11(12-7-5-10-19-12)15-13(16)8-3-4-9-14(17)18/h5,7,10-11H,2-4,6,8-9H2,1H3,(H,15,16)(H,17,18). The maximum absolute atomic E-state index is 11.8. The predicted molar refractivity (Wildman–Crippen MR) is 76.2 cm³/mol. The van der Waals surface area contributed by atoms with E-state index in [1.807, 2.05) is 17.5 Å². The van der Waals surface area contributed by atoms with Gasteiger partial charge < -0.3 is 10.4 Å². The number of carbonyl (C=O) groups excluding carboxylic acids is 1. The van der Waals surface area contributed by atoms with Crippen LogP contribution in [0.4, 0.5) is 0 Å². The molecule has 0 aliphatic carbocycles. The monoisotopic (exact) mass is 283 g/mol. The van der Waals surface area contributed by atoms with E-state index in [1.165, 1.54) is 4.88 Å². The Labute approximate surface area is 117 Å². The Morgan fingerprint density at radius 1 is 1.37 bits per heavy atom. The molecule has 1 aromatic rings. The average molecular weight is 283 g/mol. The topological polar surface area (TPSA) is 66.4 Å². The van der Waals surface area contributed by atoms with E-state index in [4.69, 9.17) is 5.11 Å². The fourth-order valence-corrected chi connectivity index (χ4v) is 2.70. The molecule has 2 N–H and O–H groups in total. The minimum Gasteiger partial charge on any atom is -0.481 e. The molecule has 0 spiro atoms. The number of hydrogen-bond acceptors (Lipinski definition) is 3. The number of rotatable bonds is 9. The normalized spacial score (nSPS) is 12.1. The van der Waals surface area contributed by atoms with Crippen LogP contribution in [0.3, 0.4) is 0 Å². The summed E-state index contributed by atoms with van der Waals surface area (Å²) >= 11 is 1.65. The highest BCUT2D eigenvalue weighted by Gasteiger charge is 2.14. The van der Waals surface area contributed by atoms with E-state index in [0.29, 0.717) is 19.3 Å². The van der Waals surface area contributed by atoms with Crippen LogP contribution in [-0.4, -0.2) is 17.0 Å². The largest absolute Gasteiger partial charge is 0.481 e. The number of thiophene rings is 1. The molecule has 19 heavy (non-hydrogen) atoms. The maximum atomic E-state index is 11.8. The minimum atomic E-state index is -0.803. The molecule has 0 aromatic carbocycles. The van der Waals surface area contributed by atoms with Crippen molar-refractivity contribution in [3.05, 3.63) is 22.4 Å². The summed E-state index contributed by atoms with van der Waals surface area (Å²) in [6.07, 6.45) is 3.67. The summed E-state index contributed by atoms with van der Waals surface area (Å²) < 4.78 is 0. The number of aliphatic carboxylic acids is 1. The van der Waals surface area contributed by atoms with Crippen LogP contribution in [0.15, 0.2) is 17.5 Å². The van der Waals surface area contributed by atoms with Crippen LogP contribution < -0.4 is 5.32 Å². The molecule has 4 nitrogen and oxygen atoms in total. The lowest BCUT2D eigenvalue weighted by molar-refractivity contribution is -0.137. The lowest BCUT2D eigenvalue weighted by atomic mass is 10.1. The second kappa shape index (κ2) is 8.69. The van der Waals surface area contributed by atoms with Gasteiger partial charge in [-0.05, 0) is 30.7 Å². The Hall–Kier alpha value is -1.36. The first-order valence-corrected chi connectivity index (χ1v) is 7.56. The zero-order valence-corrected chi connectivity index (χ0v) is 12.0. The first-order valence-electron chi connectivity index (χ1n) is 6.68. The fourth-order valence-electron chi connectivity index (χ4n) is 1.89. The summed E-state index contributed by atoms with van der Waals surface area (Å²) in [5, 5.41) is 13.6. The van der Waals surface area contributed by atoms with Crippen molar-refractivity contribution in [3.8, 4) is 0 Å². The number of nitrogens with one attached hydrogen (secondary N) is 1. The Morgan fingerprint density at radius 3 is 2.68 bits per heavy atom. The van der Waals surface area contributed by atoms with Crippen molar-refractivity contribution in [2.45, 2.75) is 51.5 Å². The van der Waals surface area contributed by atoms with E-state index in [0.717, 1.165) is 12.8 Å². The molecule has 1 amide bonds. The van der Waals surface area contributed by atoms with E-state index in [2.05, 4.69) is 12.2 Å². The maximum Gasteiger partial charge on any atom is 0.303 e. The lowest BCUT2D eigenvalue weighted by Gasteiger charge is -2.16. The zero-order valence-electron chi connectivity index (χ0n) is 11.2. The molecule has 0 aliphatic rings. The minimum absolute atomic E-state index is 0.0113. The lowest BCUT2D eigenvalue weighted by Crippen LogP contribution is -2.27. The van der Waals surface area contributed by atoms with E-state index >= 15 is 0 Å². The number of carbonyl (C=O) groups is 2. The molecule has 0 saturated carbocycles. The SMILES string of the molecule is CCCC(NC(=O)CCCCC(=O)O)c1cccs1. The predicted octanol–water partition coefficient (Wildman–Crippen LogP) is 3.35. The van der Waals surface area contributed by atoms with Crippen molar-refractivity contribution < 1.29 is 14.7 Å². The molecular weight excluding hydrogens is 262 g/mol. The van der Waals surface area contributed by atoms with Crippen LogP contribution in [0.1, 0.15) is 56.4 Å². The highest BCUT2D eigenvalue weighted by molar-refractivity contribution is 7.10. The van der Waals surface area contributed by atoms with E-state index < -0.39 is 5.97 Å². The molecule has 0 aliphatic heterocycles. The summed E-state index contributed by atoms with van der Waals surface area (Å²) in [4.78, 5) is 23.4. The summed E-state index contributed by atoms with van der Waals surface area (Å²) in [5.41, 5.74) is 0.